The van der Waals surface area contributed by atoms with Gasteiger partial charge >= 0.3 is 0 Å². The van der Waals surface area contributed by atoms with Crippen LogP contribution in [0.25, 0.3) is 0 Å². The van der Waals surface area contributed by atoms with Gasteiger partial charge in [0.2, 0.25) is 15.9 Å². The van der Waals surface area contributed by atoms with Crippen molar-refractivity contribution in [2.24, 2.45) is 0 Å². The van der Waals surface area contributed by atoms with Gasteiger partial charge < -0.3 is 10.2 Å². The van der Waals surface area contributed by atoms with Crippen molar-refractivity contribution in [3.05, 3.63) is 28.2 Å². The van der Waals surface area contributed by atoms with Crippen molar-refractivity contribution in [1.29, 1.82) is 0 Å². The number of anilines is 1. The summed E-state index contributed by atoms with van der Waals surface area (Å²) in [6, 6.07) is 4.72. The quantitative estimate of drug-likeness (QED) is 0.697. The number of sulfonamides is 1. The summed E-state index contributed by atoms with van der Waals surface area (Å²) < 4.78 is 24.9. The number of rotatable bonds is 9. The number of carbonyl (C=O) groups excluding carboxylic acids is 1. The molecule has 0 atom stereocenters. The summed E-state index contributed by atoms with van der Waals surface area (Å²) in [6.07, 6.45) is 1.90. The van der Waals surface area contributed by atoms with E-state index in [0.717, 1.165) is 12.8 Å². The molecule has 0 aliphatic carbocycles. The lowest BCUT2D eigenvalue weighted by Gasteiger charge is -2.20. The fourth-order valence-electron chi connectivity index (χ4n) is 2.08. The van der Waals surface area contributed by atoms with Crippen LogP contribution in [0.1, 0.15) is 12.8 Å². The zero-order valence-electron chi connectivity index (χ0n) is 14.1. The molecular formula is C15H23Cl2N3O3S. The Kier molecular flexibility index (Phi) is 8.45. The van der Waals surface area contributed by atoms with Crippen LogP contribution in [0.2, 0.25) is 10.0 Å². The van der Waals surface area contributed by atoms with Gasteiger partial charge in [-0.2, -0.15) is 0 Å². The average molecular weight is 396 g/mol. The maximum Gasteiger partial charge on any atom is 0.225 e. The molecule has 0 aliphatic heterocycles. The average Bonchev–Trinajstić information content (AvgIpc) is 2.39. The number of amides is 1. The summed E-state index contributed by atoms with van der Waals surface area (Å²) in [6.45, 7) is 1.29. The van der Waals surface area contributed by atoms with E-state index in [9.17, 15) is 13.2 Å². The molecule has 0 fully saturated rings. The van der Waals surface area contributed by atoms with E-state index in [1.807, 2.05) is 19.0 Å². The van der Waals surface area contributed by atoms with E-state index >= 15 is 0 Å². The molecule has 0 saturated heterocycles. The van der Waals surface area contributed by atoms with Gasteiger partial charge in [-0.15, -0.1) is 0 Å². The largest absolute Gasteiger partial charge is 0.326 e. The van der Waals surface area contributed by atoms with Gasteiger partial charge in [-0.3, -0.25) is 4.79 Å². The number of halogens is 2. The maximum absolute atomic E-state index is 12.0. The fraction of sp³-hybridized carbons (Fsp3) is 0.533. The second-order valence-corrected chi connectivity index (χ2v) is 8.63. The Labute approximate surface area is 153 Å². The molecule has 0 heterocycles. The van der Waals surface area contributed by atoms with E-state index in [4.69, 9.17) is 23.2 Å². The van der Waals surface area contributed by atoms with Crippen LogP contribution >= 0.6 is 23.2 Å². The maximum atomic E-state index is 12.0. The van der Waals surface area contributed by atoms with Gasteiger partial charge in [-0.05, 0) is 45.3 Å². The van der Waals surface area contributed by atoms with E-state index in [-0.39, 0.29) is 18.9 Å². The molecule has 0 aliphatic rings. The highest BCUT2D eigenvalue weighted by Crippen LogP contribution is 2.22. The summed E-state index contributed by atoms with van der Waals surface area (Å²) in [4.78, 5) is 14.0. The van der Waals surface area contributed by atoms with Crippen molar-refractivity contribution in [1.82, 2.24) is 9.21 Å². The topological polar surface area (TPSA) is 69.7 Å². The van der Waals surface area contributed by atoms with Gasteiger partial charge in [0.05, 0.1) is 6.26 Å². The highest BCUT2D eigenvalue weighted by atomic mass is 35.5. The van der Waals surface area contributed by atoms with Crippen LogP contribution in [-0.4, -0.2) is 63.5 Å². The zero-order valence-corrected chi connectivity index (χ0v) is 16.4. The molecule has 1 aromatic carbocycles. The first-order chi connectivity index (χ1) is 11.1. The Morgan fingerprint density at radius 1 is 1.08 bits per heavy atom. The molecular weight excluding hydrogens is 373 g/mol. The first kappa shape index (κ1) is 21.2. The number of carbonyl (C=O) groups is 1. The number of hydrogen-bond donors (Lipinski definition) is 1. The Bertz CT molecular complexity index is 646. The van der Waals surface area contributed by atoms with Crippen molar-refractivity contribution in [2.75, 3.05) is 45.3 Å². The van der Waals surface area contributed by atoms with E-state index in [0.29, 0.717) is 28.7 Å². The Morgan fingerprint density at radius 2 is 1.67 bits per heavy atom. The second-order valence-electron chi connectivity index (χ2n) is 5.78. The third kappa shape index (κ3) is 8.30. The lowest BCUT2D eigenvalue weighted by atomic mass is 10.3. The molecule has 136 valence electrons. The van der Waals surface area contributed by atoms with E-state index in [2.05, 4.69) is 5.32 Å². The van der Waals surface area contributed by atoms with Crippen LogP contribution in [0, 0.1) is 0 Å². The summed E-state index contributed by atoms with van der Waals surface area (Å²) in [5.74, 6) is -0.297. The highest BCUT2D eigenvalue weighted by molar-refractivity contribution is 7.88. The van der Waals surface area contributed by atoms with E-state index in [1.54, 1.807) is 18.2 Å². The predicted octanol–water partition coefficient (Wildman–Crippen LogP) is 2.54. The first-order valence-corrected chi connectivity index (χ1v) is 10.0. The number of hydrogen-bond acceptors (Lipinski definition) is 4. The smallest absolute Gasteiger partial charge is 0.225 e. The Balaban J connectivity index is 2.57. The molecule has 0 aromatic heterocycles. The zero-order chi connectivity index (χ0) is 18.3. The monoisotopic (exact) mass is 395 g/mol. The van der Waals surface area contributed by atoms with Gasteiger partial charge in [0, 0.05) is 35.2 Å². The molecule has 1 N–H and O–H groups in total. The molecule has 9 heteroatoms. The predicted molar refractivity (Wildman–Crippen MR) is 99.3 cm³/mol. The van der Waals surface area contributed by atoms with Crippen molar-refractivity contribution in [3.63, 3.8) is 0 Å². The molecule has 0 unspecified atom stereocenters. The highest BCUT2D eigenvalue weighted by Gasteiger charge is 2.17. The third-order valence-corrected chi connectivity index (χ3v) is 4.96. The van der Waals surface area contributed by atoms with E-state index < -0.39 is 10.0 Å². The number of nitrogens with one attached hydrogen (secondary N) is 1. The van der Waals surface area contributed by atoms with Gasteiger partial charge in [-0.25, -0.2) is 12.7 Å². The van der Waals surface area contributed by atoms with Crippen LogP contribution < -0.4 is 5.32 Å². The summed E-state index contributed by atoms with van der Waals surface area (Å²) in [5.41, 5.74) is 0.482. The molecule has 0 radical (unpaired) electrons. The molecule has 24 heavy (non-hydrogen) atoms. The summed E-state index contributed by atoms with van der Waals surface area (Å²) in [7, 11) is 0.498. The van der Waals surface area contributed by atoms with Gasteiger partial charge in [0.15, 0.2) is 0 Å². The lowest BCUT2D eigenvalue weighted by Crippen LogP contribution is -2.35. The second kappa shape index (κ2) is 9.58. The van der Waals surface area contributed by atoms with Crippen LogP contribution in [-0.2, 0) is 14.8 Å². The standard InChI is InChI=1S/C15H23Cl2N3O3S/c1-19(2)6-4-7-20(24(3,22)23)8-5-15(21)18-14-10-12(16)9-13(17)11-14/h9-11H,4-8H2,1-3H3,(H,18,21). The number of nitrogens with zero attached hydrogens (tertiary/aromatic N) is 2. The van der Waals surface area contributed by atoms with Gasteiger partial charge in [0.1, 0.15) is 0 Å². The molecule has 1 aromatic rings. The lowest BCUT2D eigenvalue weighted by molar-refractivity contribution is -0.116. The summed E-state index contributed by atoms with van der Waals surface area (Å²) >= 11 is 11.8. The van der Waals surface area contributed by atoms with Crippen molar-refractivity contribution in [3.8, 4) is 0 Å². The van der Waals surface area contributed by atoms with Crippen LogP contribution in [0.4, 0.5) is 5.69 Å². The SMILES string of the molecule is CN(C)CCCN(CCC(=O)Nc1cc(Cl)cc(Cl)c1)S(C)(=O)=O. The molecule has 1 rings (SSSR count). The molecule has 0 saturated carbocycles. The number of benzene rings is 1. The molecule has 1 amide bonds. The Hall–Kier alpha value is -0.860. The summed E-state index contributed by atoms with van der Waals surface area (Å²) in [5, 5.41) is 3.50. The third-order valence-electron chi connectivity index (χ3n) is 3.22. The van der Waals surface area contributed by atoms with Crippen LogP contribution in [0.3, 0.4) is 0 Å². The minimum absolute atomic E-state index is 0.0547. The van der Waals surface area contributed by atoms with Crippen molar-refractivity contribution < 1.29 is 13.2 Å². The van der Waals surface area contributed by atoms with E-state index in [1.165, 1.54) is 4.31 Å². The van der Waals surface area contributed by atoms with Crippen molar-refractivity contribution in [2.45, 2.75) is 12.8 Å². The minimum atomic E-state index is -3.35. The minimum Gasteiger partial charge on any atom is -0.326 e. The van der Waals surface area contributed by atoms with Crippen LogP contribution in [0.5, 0.6) is 0 Å². The van der Waals surface area contributed by atoms with Gasteiger partial charge in [-0.1, -0.05) is 23.2 Å². The molecule has 0 bridgehead atoms. The Morgan fingerprint density at radius 3 is 2.17 bits per heavy atom. The molecule has 0 spiro atoms. The van der Waals surface area contributed by atoms with Crippen LogP contribution in [0.15, 0.2) is 18.2 Å². The first-order valence-electron chi connectivity index (χ1n) is 7.43. The molecule has 6 nitrogen and oxygen atoms in total. The van der Waals surface area contributed by atoms with Gasteiger partial charge in [0.25, 0.3) is 0 Å². The normalized spacial score (nSPS) is 12.0. The fourth-order valence-corrected chi connectivity index (χ4v) is 3.49. The van der Waals surface area contributed by atoms with Crippen molar-refractivity contribution >= 4 is 44.8 Å².